The summed E-state index contributed by atoms with van der Waals surface area (Å²) >= 11 is 1.63. The molecule has 2 heteroatoms. The number of carbonyl (C=O) groups excluding carboxylic acids is 1. The van der Waals surface area contributed by atoms with E-state index in [9.17, 15) is 4.79 Å². The minimum atomic E-state index is 0. The zero-order chi connectivity index (χ0) is 6.97. The van der Waals surface area contributed by atoms with Crippen molar-refractivity contribution in [3.8, 4) is 0 Å². The minimum Gasteiger partial charge on any atom is -0.293 e. The van der Waals surface area contributed by atoms with Crippen LogP contribution in [-0.2, 0) is 0 Å². The van der Waals surface area contributed by atoms with Gasteiger partial charge in [-0.2, -0.15) is 0 Å². The maximum Gasteiger partial charge on any atom is 0.174 e. The van der Waals surface area contributed by atoms with Crippen LogP contribution in [0.15, 0.2) is 29.2 Å². The lowest BCUT2D eigenvalue weighted by Gasteiger charge is -1.90. The second-order valence-electron chi connectivity index (χ2n) is 2.21. The average molecular weight is 166 g/mol. The highest BCUT2D eigenvalue weighted by Gasteiger charge is 2.18. The summed E-state index contributed by atoms with van der Waals surface area (Å²) in [6, 6.07) is 7.75. The molecule has 0 amide bonds. The molecule has 0 aliphatic carbocycles. The summed E-state index contributed by atoms with van der Waals surface area (Å²) in [5.74, 6) is 0.889. The molecule has 1 aliphatic rings. The molecular formula is C9H10OS. The highest BCUT2D eigenvalue weighted by Crippen LogP contribution is 2.30. The van der Waals surface area contributed by atoms with E-state index in [2.05, 4.69) is 0 Å². The van der Waals surface area contributed by atoms with Crippen molar-refractivity contribution in [2.24, 2.45) is 0 Å². The fourth-order valence-corrected chi connectivity index (χ4v) is 2.00. The summed E-state index contributed by atoms with van der Waals surface area (Å²) in [5.41, 5.74) is 0.896. The van der Waals surface area contributed by atoms with Crippen LogP contribution in [0.2, 0.25) is 0 Å². The number of fused-ring (bicyclic) bond motifs is 1. The summed E-state index contributed by atoms with van der Waals surface area (Å²) in [4.78, 5) is 12.2. The summed E-state index contributed by atoms with van der Waals surface area (Å²) in [5, 5.41) is 0. The Morgan fingerprint density at radius 2 is 2.00 bits per heavy atom. The van der Waals surface area contributed by atoms with Crippen molar-refractivity contribution in [1.82, 2.24) is 0 Å². The van der Waals surface area contributed by atoms with Crippen LogP contribution in [0.1, 0.15) is 17.8 Å². The third kappa shape index (κ3) is 1.31. The van der Waals surface area contributed by atoms with Gasteiger partial charge in [-0.15, -0.1) is 11.8 Å². The zero-order valence-corrected chi connectivity index (χ0v) is 6.15. The molecule has 0 unspecified atom stereocenters. The Morgan fingerprint density at radius 1 is 1.27 bits per heavy atom. The molecule has 11 heavy (non-hydrogen) atoms. The largest absolute Gasteiger partial charge is 0.293 e. The Balaban J connectivity index is 0.000000605. The van der Waals surface area contributed by atoms with E-state index in [-0.39, 0.29) is 13.2 Å². The number of benzene rings is 1. The molecule has 0 atom stereocenters. The first-order valence-electron chi connectivity index (χ1n) is 3.13. The third-order valence-corrected chi connectivity index (χ3v) is 2.62. The Kier molecular flexibility index (Phi) is 2.35. The van der Waals surface area contributed by atoms with Crippen molar-refractivity contribution >= 4 is 17.5 Å². The van der Waals surface area contributed by atoms with Crippen molar-refractivity contribution < 1.29 is 4.79 Å². The molecule has 2 rings (SSSR count). The van der Waals surface area contributed by atoms with E-state index < -0.39 is 0 Å². The molecule has 1 nitrogen and oxygen atoms in total. The highest BCUT2D eigenvalue weighted by molar-refractivity contribution is 8.00. The van der Waals surface area contributed by atoms with Gasteiger partial charge in [-0.1, -0.05) is 25.6 Å². The number of hydrogen-bond donors (Lipinski definition) is 0. The van der Waals surface area contributed by atoms with E-state index in [1.807, 2.05) is 24.3 Å². The SMILES string of the molecule is C.O=C1CSc2ccccc21. The zero-order valence-electron chi connectivity index (χ0n) is 5.33. The number of hydrogen-bond acceptors (Lipinski definition) is 2. The molecular weight excluding hydrogens is 156 g/mol. The van der Waals surface area contributed by atoms with Gasteiger partial charge in [0.05, 0.1) is 5.75 Å². The molecule has 0 aromatic heterocycles. The molecule has 0 fully saturated rings. The Bertz CT molecular complexity index is 281. The maximum absolute atomic E-state index is 11.0. The minimum absolute atomic E-state index is 0. The molecule has 1 aliphatic heterocycles. The molecule has 1 aromatic carbocycles. The average Bonchev–Trinajstić information content (AvgIpc) is 2.34. The van der Waals surface area contributed by atoms with Crippen LogP contribution in [0, 0.1) is 0 Å². The predicted molar refractivity (Wildman–Crippen MR) is 48.2 cm³/mol. The van der Waals surface area contributed by atoms with Gasteiger partial charge in [0.25, 0.3) is 0 Å². The lowest BCUT2D eigenvalue weighted by Crippen LogP contribution is -1.93. The normalized spacial score (nSPS) is 14.0. The standard InChI is InChI=1S/C8H6OS.CH4/c9-7-5-10-8-4-2-1-3-6(7)8;/h1-4H,5H2;1H4. The van der Waals surface area contributed by atoms with Crippen LogP contribution in [0.25, 0.3) is 0 Å². The van der Waals surface area contributed by atoms with Crippen LogP contribution in [0.4, 0.5) is 0 Å². The molecule has 1 aromatic rings. The van der Waals surface area contributed by atoms with Gasteiger partial charge in [-0.3, -0.25) is 4.79 Å². The molecule has 0 bridgehead atoms. The van der Waals surface area contributed by atoms with E-state index in [0.29, 0.717) is 5.75 Å². The van der Waals surface area contributed by atoms with Crippen molar-refractivity contribution in [3.05, 3.63) is 29.8 Å². The van der Waals surface area contributed by atoms with Gasteiger partial charge < -0.3 is 0 Å². The van der Waals surface area contributed by atoms with E-state index in [1.165, 1.54) is 0 Å². The van der Waals surface area contributed by atoms with Crippen molar-refractivity contribution in [1.29, 1.82) is 0 Å². The number of carbonyl (C=O) groups is 1. The van der Waals surface area contributed by atoms with Gasteiger partial charge in [-0.25, -0.2) is 0 Å². The van der Waals surface area contributed by atoms with Crippen molar-refractivity contribution in [2.45, 2.75) is 12.3 Å². The molecule has 0 radical (unpaired) electrons. The van der Waals surface area contributed by atoms with E-state index in [1.54, 1.807) is 11.8 Å². The van der Waals surface area contributed by atoms with Crippen LogP contribution in [-0.4, -0.2) is 11.5 Å². The summed E-state index contributed by atoms with van der Waals surface area (Å²) in [7, 11) is 0. The van der Waals surface area contributed by atoms with Gasteiger partial charge in [0.2, 0.25) is 0 Å². The van der Waals surface area contributed by atoms with E-state index in [0.717, 1.165) is 10.5 Å². The molecule has 0 saturated heterocycles. The van der Waals surface area contributed by atoms with Crippen LogP contribution in [0.5, 0.6) is 0 Å². The van der Waals surface area contributed by atoms with E-state index in [4.69, 9.17) is 0 Å². The quantitative estimate of drug-likeness (QED) is 0.589. The summed E-state index contributed by atoms with van der Waals surface area (Å²) in [6.07, 6.45) is 0. The van der Waals surface area contributed by atoms with Gasteiger partial charge in [0.1, 0.15) is 0 Å². The topological polar surface area (TPSA) is 17.1 Å². The first kappa shape index (κ1) is 8.34. The molecule has 1 heterocycles. The molecule has 0 saturated carbocycles. The predicted octanol–water partition coefficient (Wildman–Crippen LogP) is 2.61. The van der Waals surface area contributed by atoms with Gasteiger partial charge in [-0.05, 0) is 6.07 Å². The Hall–Kier alpha value is -0.760. The van der Waals surface area contributed by atoms with Gasteiger partial charge >= 0.3 is 0 Å². The molecule has 0 spiro atoms. The van der Waals surface area contributed by atoms with Gasteiger partial charge in [0, 0.05) is 10.5 Å². The first-order chi connectivity index (χ1) is 4.88. The van der Waals surface area contributed by atoms with Crippen LogP contribution < -0.4 is 0 Å². The summed E-state index contributed by atoms with van der Waals surface area (Å²) in [6.45, 7) is 0. The van der Waals surface area contributed by atoms with E-state index >= 15 is 0 Å². The second kappa shape index (κ2) is 3.09. The number of thioether (sulfide) groups is 1. The fraction of sp³-hybridized carbons (Fsp3) is 0.222. The highest BCUT2D eigenvalue weighted by atomic mass is 32.2. The Morgan fingerprint density at radius 3 is 2.73 bits per heavy atom. The third-order valence-electron chi connectivity index (χ3n) is 1.55. The smallest absolute Gasteiger partial charge is 0.174 e. The number of rotatable bonds is 0. The lowest BCUT2D eigenvalue weighted by atomic mass is 10.2. The monoisotopic (exact) mass is 166 g/mol. The second-order valence-corrected chi connectivity index (χ2v) is 3.23. The fourth-order valence-electron chi connectivity index (χ4n) is 1.04. The molecule has 58 valence electrons. The van der Waals surface area contributed by atoms with Crippen LogP contribution >= 0.6 is 11.8 Å². The Labute approximate surface area is 70.8 Å². The number of Topliss-reactive ketones (excluding diaryl/α,β-unsaturated/α-hetero) is 1. The van der Waals surface area contributed by atoms with Crippen LogP contribution in [0.3, 0.4) is 0 Å². The molecule has 0 N–H and O–H groups in total. The first-order valence-corrected chi connectivity index (χ1v) is 4.11. The number of ketones is 1. The van der Waals surface area contributed by atoms with Crippen molar-refractivity contribution in [3.63, 3.8) is 0 Å². The van der Waals surface area contributed by atoms with Crippen molar-refractivity contribution in [2.75, 3.05) is 5.75 Å². The summed E-state index contributed by atoms with van der Waals surface area (Å²) < 4.78 is 0. The van der Waals surface area contributed by atoms with Gasteiger partial charge in [0.15, 0.2) is 5.78 Å². The lowest BCUT2D eigenvalue weighted by molar-refractivity contribution is 0.102. The maximum atomic E-state index is 11.0.